The molecule has 4 aromatic rings. The van der Waals surface area contributed by atoms with Crippen molar-refractivity contribution in [3.05, 3.63) is 74.2 Å². The molecule has 8 heteroatoms. The lowest BCUT2D eigenvalue weighted by Gasteiger charge is -2.00. The number of carbonyl (C=O) groups excluding carboxylic acids is 1. The molecule has 118 valence electrons. The molecule has 0 aliphatic rings. The highest BCUT2D eigenvalue weighted by Crippen LogP contribution is 2.19. The minimum atomic E-state index is -0.200. The summed E-state index contributed by atoms with van der Waals surface area (Å²) >= 11 is 4.41. The SMILES string of the molecule is O=C(c1ccc2[nH]c(=O)sc2c1)c1ccn(-c2ccc(Br)cn2)n1. The van der Waals surface area contributed by atoms with Crippen LogP contribution in [0.4, 0.5) is 0 Å². The van der Waals surface area contributed by atoms with Gasteiger partial charge >= 0.3 is 4.87 Å². The van der Waals surface area contributed by atoms with Crippen LogP contribution in [0.2, 0.25) is 0 Å². The van der Waals surface area contributed by atoms with E-state index in [1.807, 2.05) is 6.07 Å². The molecule has 3 aromatic heterocycles. The minimum absolute atomic E-state index is 0.139. The van der Waals surface area contributed by atoms with Gasteiger partial charge in [0.15, 0.2) is 5.82 Å². The molecule has 0 atom stereocenters. The molecule has 6 nitrogen and oxygen atoms in total. The number of aromatic nitrogens is 4. The van der Waals surface area contributed by atoms with Crippen molar-refractivity contribution in [1.82, 2.24) is 19.7 Å². The van der Waals surface area contributed by atoms with Crippen molar-refractivity contribution in [1.29, 1.82) is 0 Å². The van der Waals surface area contributed by atoms with Gasteiger partial charge in [0.2, 0.25) is 5.78 Å². The fourth-order valence-electron chi connectivity index (χ4n) is 2.31. The van der Waals surface area contributed by atoms with E-state index in [4.69, 9.17) is 0 Å². The first kappa shape index (κ1) is 15.0. The van der Waals surface area contributed by atoms with Crippen molar-refractivity contribution >= 4 is 43.3 Å². The summed E-state index contributed by atoms with van der Waals surface area (Å²) in [5.41, 5.74) is 1.54. The summed E-state index contributed by atoms with van der Waals surface area (Å²) in [5, 5.41) is 4.29. The van der Waals surface area contributed by atoms with Gasteiger partial charge in [-0.15, -0.1) is 0 Å². The molecule has 0 aliphatic carbocycles. The van der Waals surface area contributed by atoms with E-state index in [1.54, 1.807) is 47.4 Å². The quantitative estimate of drug-likeness (QED) is 0.535. The second kappa shape index (κ2) is 5.81. The number of fused-ring (bicyclic) bond motifs is 1. The molecule has 0 radical (unpaired) electrons. The van der Waals surface area contributed by atoms with Gasteiger partial charge in [0.05, 0.1) is 10.2 Å². The van der Waals surface area contributed by atoms with Crippen LogP contribution in [0.15, 0.2) is 58.1 Å². The molecule has 4 rings (SSSR count). The molecule has 24 heavy (non-hydrogen) atoms. The summed E-state index contributed by atoms with van der Waals surface area (Å²) in [6.07, 6.45) is 3.36. The van der Waals surface area contributed by atoms with Crippen LogP contribution in [0.25, 0.3) is 16.0 Å². The molecule has 0 fully saturated rings. The first-order valence-electron chi connectivity index (χ1n) is 6.95. The first-order chi connectivity index (χ1) is 11.6. The van der Waals surface area contributed by atoms with Gasteiger partial charge in [-0.1, -0.05) is 11.3 Å². The van der Waals surface area contributed by atoms with E-state index in [2.05, 4.69) is 31.0 Å². The van der Waals surface area contributed by atoms with E-state index in [0.717, 1.165) is 26.0 Å². The van der Waals surface area contributed by atoms with E-state index in [9.17, 15) is 9.59 Å². The molecule has 3 heterocycles. The van der Waals surface area contributed by atoms with Crippen molar-refractivity contribution in [2.75, 3.05) is 0 Å². The van der Waals surface area contributed by atoms with Gasteiger partial charge in [0.1, 0.15) is 5.69 Å². The average Bonchev–Trinajstić information content (AvgIpc) is 3.20. The highest BCUT2D eigenvalue weighted by molar-refractivity contribution is 9.10. The third kappa shape index (κ3) is 2.70. The third-order valence-electron chi connectivity index (χ3n) is 3.45. The van der Waals surface area contributed by atoms with Gasteiger partial charge in [-0.25, -0.2) is 9.67 Å². The van der Waals surface area contributed by atoms with Crippen molar-refractivity contribution in [2.45, 2.75) is 0 Å². The number of halogens is 1. The van der Waals surface area contributed by atoms with Crippen LogP contribution in [-0.4, -0.2) is 25.5 Å². The summed E-state index contributed by atoms with van der Waals surface area (Å²) in [6.45, 7) is 0. The van der Waals surface area contributed by atoms with E-state index >= 15 is 0 Å². The Bertz CT molecular complexity index is 1110. The molecule has 0 unspecified atom stereocenters. The zero-order valence-corrected chi connectivity index (χ0v) is 14.5. The maximum atomic E-state index is 12.6. The van der Waals surface area contributed by atoms with Crippen LogP contribution in [0, 0.1) is 0 Å². The molecule has 0 saturated heterocycles. The maximum Gasteiger partial charge on any atom is 0.305 e. The lowest BCUT2D eigenvalue weighted by Crippen LogP contribution is -2.04. The number of rotatable bonds is 3. The van der Waals surface area contributed by atoms with Crippen molar-refractivity contribution < 1.29 is 4.79 Å². The number of benzene rings is 1. The normalized spacial score (nSPS) is 11.0. The van der Waals surface area contributed by atoms with Crippen LogP contribution in [0.1, 0.15) is 16.1 Å². The number of hydrogen-bond acceptors (Lipinski definition) is 5. The Kier molecular flexibility index (Phi) is 3.62. The second-order valence-electron chi connectivity index (χ2n) is 5.03. The minimum Gasteiger partial charge on any atom is -0.312 e. The van der Waals surface area contributed by atoms with Gasteiger partial charge in [-0.05, 0) is 52.3 Å². The third-order valence-corrected chi connectivity index (χ3v) is 4.77. The topological polar surface area (TPSA) is 80.6 Å². The van der Waals surface area contributed by atoms with Crippen molar-refractivity contribution in [3.63, 3.8) is 0 Å². The Morgan fingerprint density at radius 2 is 2.08 bits per heavy atom. The number of nitrogens with one attached hydrogen (secondary N) is 1. The fraction of sp³-hybridized carbons (Fsp3) is 0. The molecule has 0 bridgehead atoms. The molecule has 0 amide bonds. The highest BCUT2D eigenvalue weighted by Gasteiger charge is 2.14. The Hall–Kier alpha value is -2.58. The van der Waals surface area contributed by atoms with Gasteiger partial charge in [0.25, 0.3) is 0 Å². The molecule has 1 aromatic carbocycles. The number of nitrogens with zero attached hydrogens (tertiary/aromatic N) is 3. The van der Waals surface area contributed by atoms with Crippen molar-refractivity contribution in [3.8, 4) is 5.82 Å². The zero-order valence-electron chi connectivity index (χ0n) is 12.1. The number of hydrogen-bond donors (Lipinski definition) is 1. The standard InChI is InChI=1S/C16H9BrN4O2S/c17-10-2-4-14(18-8-10)21-6-5-12(20-21)15(22)9-1-3-11-13(7-9)24-16(23)19-11/h1-8H,(H,19,23). The molecule has 1 N–H and O–H groups in total. The van der Waals surface area contributed by atoms with Crippen LogP contribution in [0.3, 0.4) is 0 Å². The van der Waals surface area contributed by atoms with Crippen LogP contribution in [-0.2, 0) is 0 Å². The van der Waals surface area contributed by atoms with Gasteiger partial charge in [0, 0.05) is 22.4 Å². The molecule has 0 saturated carbocycles. The summed E-state index contributed by atoms with van der Waals surface area (Å²) in [6, 6.07) is 10.4. The lowest BCUT2D eigenvalue weighted by molar-refractivity contribution is 0.103. The van der Waals surface area contributed by atoms with Crippen LogP contribution >= 0.6 is 27.3 Å². The smallest absolute Gasteiger partial charge is 0.305 e. The second-order valence-corrected chi connectivity index (χ2v) is 6.97. The zero-order chi connectivity index (χ0) is 16.7. The Balaban J connectivity index is 1.68. The summed E-state index contributed by atoms with van der Waals surface area (Å²) in [7, 11) is 0. The van der Waals surface area contributed by atoms with E-state index in [0.29, 0.717) is 17.1 Å². The average molecular weight is 401 g/mol. The number of thiazole rings is 1. The molecule has 0 aliphatic heterocycles. The Morgan fingerprint density at radius 3 is 2.88 bits per heavy atom. The Labute approximate surface area is 147 Å². The van der Waals surface area contributed by atoms with Gasteiger partial charge in [-0.3, -0.25) is 9.59 Å². The van der Waals surface area contributed by atoms with Crippen LogP contribution in [0.5, 0.6) is 0 Å². The van der Waals surface area contributed by atoms with Crippen LogP contribution < -0.4 is 4.87 Å². The highest BCUT2D eigenvalue weighted by atomic mass is 79.9. The number of ketones is 1. The van der Waals surface area contributed by atoms with Crippen molar-refractivity contribution in [2.24, 2.45) is 0 Å². The molecular formula is C16H9BrN4O2S. The maximum absolute atomic E-state index is 12.6. The number of pyridine rings is 1. The molecule has 0 spiro atoms. The lowest BCUT2D eigenvalue weighted by atomic mass is 10.1. The first-order valence-corrected chi connectivity index (χ1v) is 8.56. The summed E-state index contributed by atoms with van der Waals surface area (Å²) in [4.78, 5) is 30.8. The van der Waals surface area contributed by atoms with Gasteiger partial charge < -0.3 is 4.98 Å². The van der Waals surface area contributed by atoms with E-state index in [1.165, 1.54) is 0 Å². The summed E-state index contributed by atoms with van der Waals surface area (Å²) in [5.74, 6) is 0.421. The van der Waals surface area contributed by atoms with E-state index in [-0.39, 0.29) is 10.7 Å². The predicted octanol–water partition coefficient (Wildman–Crippen LogP) is 3.16. The van der Waals surface area contributed by atoms with E-state index < -0.39 is 0 Å². The number of H-pyrrole nitrogens is 1. The number of carbonyl (C=O) groups is 1. The van der Waals surface area contributed by atoms with Gasteiger partial charge in [-0.2, -0.15) is 5.10 Å². The Morgan fingerprint density at radius 1 is 1.21 bits per heavy atom. The monoisotopic (exact) mass is 400 g/mol. The largest absolute Gasteiger partial charge is 0.312 e. The number of aromatic amines is 1. The predicted molar refractivity (Wildman–Crippen MR) is 94.9 cm³/mol. The summed E-state index contributed by atoms with van der Waals surface area (Å²) < 4.78 is 3.17. The molecular weight excluding hydrogens is 392 g/mol. The fourth-order valence-corrected chi connectivity index (χ4v) is 3.32.